The highest BCUT2D eigenvalue weighted by Gasteiger charge is 2.14. The van der Waals surface area contributed by atoms with Crippen molar-refractivity contribution in [2.45, 2.75) is 13.0 Å². The maximum absolute atomic E-state index is 12.4. The van der Waals surface area contributed by atoms with Gasteiger partial charge in [0.15, 0.2) is 0 Å². The van der Waals surface area contributed by atoms with Crippen molar-refractivity contribution >= 4 is 33.2 Å². The number of hydrogen-bond donors (Lipinski definition) is 0. The molecule has 2 aromatic heterocycles. The van der Waals surface area contributed by atoms with E-state index in [0.29, 0.717) is 13.0 Å². The van der Waals surface area contributed by atoms with Crippen LogP contribution in [0.1, 0.15) is 11.3 Å². The summed E-state index contributed by atoms with van der Waals surface area (Å²) in [5.41, 5.74) is 2.85. The van der Waals surface area contributed by atoms with Crippen LogP contribution in [0, 0.1) is 0 Å². The molecule has 3 rings (SSSR count). The fourth-order valence-corrected chi connectivity index (χ4v) is 3.49. The van der Waals surface area contributed by atoms with Gasteiger partial charge in [-0.3, -0.25) is 9.78 Å². The Morgan fingerprint density at radius 2 is 2.08 bits per heavy atom. The van der Waals surface area contributed by atoms with Gasteiger partial charge in [0.1, 0.15) is 5.01 Å². The average molecular weight is 402 g/mol. The number of benzene rings is 1. The summed E-state index contributed by atoms with van der Waals surface area (Å²) in [6.07, 6.45) is 3.82. The Labute approximate surface area is 153 Å². The van der Waals surface area contributed by atoms with Crippen molar-refractivity contribution in [1.82, 2.24) is 14.9 Å². The second-order valence-corrected chi connectivity index (χ2v) is 7.12. The number of nitrogens with zero attached hydrogens (tertiary/aromatic N) is 3. The lowest BCUT2D eigenvalue weighted by Crippen LogP contribution is -2.27. The van der Waals surface area contributed by atoms with E-state index >= 15 is 0 Å². The van der Waals surface area contributed by atoms with Gasteiger partial charge in [-0.1, -0.05) is 34.1 Å². The maximum atomic E-state index is 12.4. The molecule has 0 aliphatic carbocycles. The van der Waals surface area contributed by atoms with Crippen LogP contribution in [0.3, 0.4) is 0 Å². The van der Waals surface area contributed by atoms with Gasteiger partial charge >= 0.3 is 0 Å². The normalized spacial score (nSPS) is 10.6. The van der Waals surface area contributed by atoms with Crippen molar-refractivity contribution in [3.05, 3.63) is 69.9 Å². The van der Waals surface area contributed by atoms with Crippen LogP contribution in [0.2, 0.25) is 0 Å². The summed E-state index contributed by atoms with van der Waals surface area (Å²) in [4.78, 5) is 22.8. The summed E-state index contributed by atoms with van der Waals surface area (Å²) in [6, 6.07) is 11.8. The van der Waals surface area contributed by atoms with Crippen LogP contribution in [0.4, 0.5) is 0 Å². The second kappa shape index (κ2) is 7.68. The van der Waals surface area contributed by atoms with E-state index in [1.54, 1.807) is 17.3 Å². The number of amides is 1. The topological polar surface area (TPSA) is 46.1 Å². The first-order valence-corrected chi connectivity index (χ1v) is 9.13. The molecule has 0 radical (unpaired) electrons. The van der Waals surface area contributed by atoms with Crippen LogP contribution in [0.25, 0.3) is 10.6 Å². The molecule has 6 heteroatoms. The fraction of sp³-hybridized carbons (Fsp3) is 0.167. The Kier molecular flexibility index (Phi) is 5.37. The Morgan fingerprint density at radius 1 is 1.25 bits per heavy atom. The van der Waals surface area contributed by atoms with Gasteiger partial charge in [0.2, 0.25) is 5.91 Å². The summed E-state index contributed by atoms with van der Waals surface area (Å²) >= 11 is 5.05. The Balaban J connectivity index is 1.65. The van der Waals surface area contributed by atoms with Gasteiger partial charge in [0.25, 0.3) is 0 Å². The van der Waals surface area contributed by atoms with Crippen LogP contribution in [-0.4, -0.2) is 27.8 Å². The van der Waals surface area contributed by atoms with E-state index in [-0.39, 0.29) is 5.91 Å². The second-order valence-electron chi connectivity index (χ2n) is 5.40. The lowest BCUT2D eigenvalue weighted by molar-refractivity contribution is -0.129. The molecule has 0 unspecified atom stereocenters. The Bertz CT molecular complexity index is 835. The van der Waals surface area contributed by atoms with E-state index in [0.717, 1.165) is 26.3 Å². The molecule has 0 aliphatic rings. The Hall–Kier alpha value is -2.05. The molecule has 0 saturated heterocycles. The van der Waals surface area contributed by atoms with Crippen molar-refractivity contribution < 1.29 is 4.79 Å². The molecule has 0 saturated carbocycles. The monoisotopic (exact) mass is 401 g/mol. The van der Waals surface area contributed by atoms with Gasteiger partial charge in [-0.05, 0) is 23.8 Å². The van der Waals surface area contributed by atoms with Gasteiger partial charge < -0.3 is 4.90 Å². The standard InChI is InChI=1S/C18H16BrN3OS/c1-22(11-14-5-2-3-7-16(14)19)17(23)9-15-12-24-18(21-15)13-6-4-8-20-10-13/h2-8,10,12H,9,11H2,1H3. The zero-order chi connectivity index (χ0) is 16.9. The van der Waals surface area contributed by atoms with E-state index < -0.39 is 0 Å². The highest BCUT2D eigenvalue weighted by Crippen LogP contribution is 2.23. The molecular weight excluding hydrogens is 386 g/mol. The third kappa shape index (κ3) is 4.07. The Morgan fingerprint density at radius 3 is 2.83 bits per heavy atom. The molecule has 3 aromatic rings. The predicted molar refractivity (Wildman–Crippen MR) is 99.7 cm³/mol. The highest BCUT2D eigenvalue weighted by molar-refractivity contribution is 9.10. The van der Waals surface area contributed by atoms with Gasteiger partial charge in [-0.2, -0.15) is 0 Å². The maximum Gasteiger partial charge on any atom is 0.228 e. The molecule has 0 aliphatic heterocycles. The number of likely N-dealkylation sites (N-methyl/N-ethyl adjacent to an activating group) is 1. The van der Waals surface area contributed by atoms with Crippen LogP contribution >= 0.6 is 27.3 Å². The molecule has 0 bridgehead atoms. The molecule has 0 fully saturated rings. The smallest absolute Gasteiger partial charge is 0.228 e. The van der Waals surface area contributed by atoms with Crippen LogP contribution < -0.4 is 0 Å². The summed E-state index contributed by atoms with van der Waals surface area (Å²) in [5.74, 6) is 0.0498. The molecule has 0 N–H and O–H groups in total. The van der Waals surface area contributed by atoms with Crippen molar-refractivity contribution in [3.63, 3.8) is 0 Å². The lowest BCUT2D eigenvalue weighted by Gasteiger charge is -2.17. The molecule has 0 atom stereocenters. The molecule has 1 aromatic carbocycles. The number of carbonyl (C=O) groups excluding carboxylic acids is 1. The largest absolute Gasteiger partial charge is 0.341 e. The average Bonchev–Trinajstić information content (AvgIpc) is 3.06. The van der Waals surface area contributed by atoms with Crippen molar-refractivity contribution in [1.29, 1.82) is 0 Å². The minimum Gasteiger partial charge on any atom is -0.341 e. The number of thiazole rings is 1. The number of aromatic nitrogens is 2. The highest BCUT2D eigenvalue weighted by atomic mass is 79.9. The van der Waals surface area contributed by atoms with E-state index in [9.17, 15) is 4.79 Å². The van der Waals surface area contributed by atoms with Crippen LogP contribution in [-0.2, 0) is 17.8 Å². The molecule has 0 spiro atoms. The van der Waals surface area contributed by atoms with E-state index in [4.69, 9.17) is 0 Å². The third-order valence-corrected chi connectivity index (χ3v) is 5.30. The molecule has 1 amide bonds. The number of halogens is 1. The fourth-order valence-electron chi connectivity index (χ4n) is 2.27. The van der Waals surface area contributed by atoms with Gasteiger partial charge in [-0.25, -0.2) is 4.98 Å². The predicted octanol–water partition coefficient (Wildman–Crippen LogP) is 4.17. The van der Waals surface area contributed by atoms with Crippen molar-refractivity contribution in [3.8, 4) is 10.6 Å². The molecule has 4 nitrogen and oxygen atoms in total. The van der Waals surface area contributed by atoms with Crippen LogP contribution in [0.15, 0.2) is 58.6 Å². The summed E-state index contributed by atoms with van der Waals surface area (Å²) in [6.45, 7) is 0.569. The third-order valence-electron chi connectivity index (χ3n) is 3.58. The summed E-state index contributed by atoms with van der Waals surface area (Å²) < 4.78 is 1.01. The van der Waals surface area contributed by atoms with Crippen molar-refractivity contribution in [2.75, 3.05) is 7.05 Å². The molecular formula is C18H16BrN3OS. The van der Waals surface area contributed by atoms with Gasteiger partial charge in [0.05, 0.1) is 12.1 Å². The van der Waals surface area contributed by atoms with E-state index in [2.05, 4.69) is 25.9 Å². The summed E-state index contributed by atoms with van der Waals surface area (Å²) in [7, 11) is 1.82. The van der Waals surface area contributed by atoms with Crippen LogP contribution in [0.5, 0.6) is 0 Å². The van der Waals surface area contributed by atoms with E-state index in [1.165, 1.54) is 11.3 Å². The number of hydrogen-bond acceptors (Lipinski definition) is 4. The summed E-state index contributed by atoms with van der Waals surface area (Å²) in [5, 5.41) is 2.83. The van der Waals surface area contributed by atoms with Crippen molar-refractivity contribution in [2.24, 2.45) is 0 Å². The first-order valence-electron chi connectivity index (χ1n) is 7.45. The molecule has 122 valence electrons. The van der Waals surface area contributed by atoms with Gasteiger partial charge in [0, 0.05) is 41.4 Å². The first kappa shape index (κ1) is 16.8. The lowest BCUT2D eigenvalue weighted by atomic mass is 10.2. The minimum absolute atomic E-state index is 0.0498. The zero-order valence-electron chi connectivity index (χ0n) is 13.1. The number of rotatable bonds is 5. The van der Waals surface area contributed by atoms with Gasteiger partial charge in [-0.15, -0.1) is 11.3 Å². The quantitative estimate of drug-likeness (QED) is 0.644. The minimum atomic E-state index is 0.0498. The number of carbonyl (C=O) groups is 1. The molecule has 2 heterocycles. The number of pyridine rings is 1. The first-order chi connectivity index (χ1) is 11.6. The SMILES string of the molecule is CN(Cc1ccccc1Br)C(=O)Cc1csc(-c2cccnc2)n1. The molecule has 24 heavy (non-hydrogen) atoms. The van der Waals surface area contributed by atoms with E-state index in [1.807, 2.05) is 48.8 Å². The zero-order valence-corrected chi connectivity index (χ0v) is 15.5.